The fraction of sp³-hybridized carbons (Fsp3) is 0.875. The monoisotopic (exact) mass is 253 g/mol. The highest BCUT2D eigenvalue weighted by Crippen LogP contribution is 1.82. The fourth-order valence-corrected chi connectivity index (χ4v) is 0.905. The molecule has 0 atom stereocenters. The summed E-state index contributed by atoms with van der Waals surface area (Å²) in [6, 6.07) is 0. The molecule has 0 saturated carbocycles. The highest BCUT2D eigenvalue weighted by molar-refractivity contribution is 9.09. The lowest BCUT2D eigenvalue weighted by atomic mass is 10.6. The maximum Gasteiger partial charge on any atom is 0.216 e. The Morgan fingerprint density at radius 3 is 2.38 bits per heavy atom. The summed E-state index contributed by atoms with van der Waals surface area (Å²) in [6.07, 6.45) is 0. The summed E-state index contributed by atoms with van der Waals surface area (Å²) in [5.41, 5.74) is 0. The molecular weight excluding hydrogens is 238 g/mol. The summed E-state index contributed by atoms with van der Waals surface area (Å²) in [5, 5.41) is 3.48. The van der Waals surface area contributed by atoms with Gasteiger partial charge in [0.05, 0.1) is 26.4 Å². The van der Waals surface area contributed by atoms with Crippen LogP contribution in [0.3, 0.4) is 0 Å². The third-order valence-electron chi connectivity index (χ3n) is 1.21. The zero-order valence-corrected chi connectivity index (χ0v) is 9.43. The van der Waals surface area contributed by atoms with Gasteiger partial charge in [0.2, 0.25) is 5.91 Å². The van der Waals surface area contributed by atoms with Crippen molar-refractivity contribution >= 4 is 21.8 Å². The molecule has 0 spiro atoms. The number of carbonyl (C=O) groups is 1. The third kappa shape index (κ3) is 11.9. The van der Waals surface area contributed by atoms with Crippen LogP contribution in [0.1, 0.15) is 6.92 Å². The van der Waals surface area contributed by atoms with Crippen molar-refractivity contribution in [2.45, 2.75) is 6.92 Å². The Balaban J connectivity index is 2.87. The molecule has 1 N–H and O–H groups in total. The van der Waals surface area contributed by atoms with E-state index in [4.69, 9.17) is 9.47 Å². The molecular formula is C8H16BrNO3. The van der Waals surface area contributed by atoms with Gasteiger partial charge in [0.15, 0.2) is 0 Å². The second-order valence-corrected chi connectivity index (χ2v) is 3.19. The van der Waals surface area contributed by atoms with E-state index < -0.39 is 0 Å². The summed E-state index contributed by atoms with van der Waals surface area (Å²) in [5.74, 6) is -0.0286. The van der Waals surface area contributed by atoms with Crippen LogP contribution in [-0.2, 0) is 14.3 Å². The first-order chi connectivity index (χ1) is 6.27. The van der Waals surface area contributed by atoms with E-state index >= 15 is 0 Å². The molecule has 0 heterocycles. The first-order valence-electron chi connectivity index (χ1n) is 4.23. The molecule has 1 amide bonds. The predicted molar refractivity (Wildman–Crippen MR) is 54.1 cm³/mol. The zero-order valence-electron chi connectivity index (χ0n) is 7.85. The first-order valence-corrected chi connectivity index (χ1v) is 5.35. The summed E-state index contributed by atoms with van der Waals surface area (Å²) < 4.78 is 10.3. The van der Waals surface area contributed by atoms with E-state index in [9.17, 15) is 4.79 Å². The molecule has 0 aromatic carbocycles. The van der Waals surface area contributed by atoms with Gasteiger partial charge in [-0.05, 0) is 0 Å². The minimum atomic E-state index is -0.0286. The van der Waals surface area contributed by atoms with Crippen molar-refractivity contribution in [3.8, 4) is 0 Å². The topological polar surface area (TPSA) is 47.6 Å². The summed E-state index contributed by atoms with van der Waals surface area (Å²) >= 11 is 3.25. The number of alkyl halides is 1. The van der Waals surface area contributed by atoms with E-state index in [-0.39, 0.29) is 5.91 Å². The minimum absolute atomic E-state index is 0.0286. The Labute approximate surface area is 87.1 Å². The summed E-state index contributed by atoms with van der Waals surface area (Å²) in [7, 11) is 0. The van der Waals surface area contributed by atoms with Gasteiger partial charge >= 0.3 is 0 Å². The van der Waals surface area contributed by atoms with Gasteiger partial charge in [-0.15, -0.1) is 0 Å². The summed E-state index contributed by atoms with van der Waals surface area (Å²) in [6.45, 7) is 4.47. The number of nitrogens with one attached hydrogen (secondary N) is 1. The maximum absolute atomic E-state index is 10.4. The van der Waals surface area contributed by atoms with Crippen molar-refractivity contribution in [1.29, 1.82) is 0 Å². The highest BCUT2D eigenvalue weighted by Gasteiger charge is 1.91. The Kier molecular flexibility index (Phi) is 9.85. The van der Waals surface area contributed by atoms with Crippen LogP contribution in [0.5, 0.6) is 0 Å². The van der Waals surface area contributed by atoms with Crippen molar-refractivity contribution < 1.29 is 14.3 Å². The van der Waals surface area contributed by atoms with Crippen molar-refractivity contribution in [2.75, 3.05) is 38.3 Å². The lowest BCUT2D eigenvalue weighted by molar-refractivity contribution is -0.119. The molecule has 0 aromatic rings. The average Bonchev–Trinajstić information content (AvgIpc) is 2.09. The molecule has 4 nitrogen and oxygen atoms in total. The number of hydrogen-bond acceptors (Lipinski definition) is 3. The van der Waals surface area contributed by atoms with Crippen molar-refractivity contribution in [2.24, 2.45) is 0 Å². The molecule has 78 valence electrons. The van der Waals surface area contributed by atoms with Crippen LogP contribution in [0.4, 0.5) is 0 Å². The molecule has 0 saturated heterocycles. The Bertz CT molecular complexity index is 133. The van der Waals surface area contributed by atoms with Gasteiger partial charge in [-0.1, -0.05) is 15.9 Å². The Hall–Kier alpha value is -0.130. The van der Waals surface area contributed by atoms with Gasteiger partial charge in [0.1, 0.15) is 0 Å². The standard InChI is InChI=1S/C8H16BrNO3/c1-8(11)10-3-5-13-7-6-12-4-2-9/h2-7H2,1H3,(H,10,11). The van der Waals surface area contributed by atoms with Crippen LogP contribution in [0.15, 0.2) is 0 Å². The Morgan fingerprint density at radius 2 is 1.85 bits per heavy atom. The van der Waals surface area contributed by atoms with Crippen LogP contribution in [0.2, 0.25) is 0 Å². The van der Waals surface area contributed by atoms with Gasteiger partial charge in [-0.25, -0.2) is 0 Å². The predicted octanol–water partition coefficient (Wildman–Crippen LogP) is 0.551. The van der Waals surface area contributed by atoms with Crippen LogP contribution in [0.25, 0.3) is 0 Å². The second kappa shape index (κ2) is 9.95. The van der Waals surface area contributed by atoms with Crippen molar-refractivity contribution in [1.82, 2.24) is 5.32 Å². The second-order valence-electron chi connectivity index (χ2n) is 2.40. The van der Waals surface area contributed by atoms with Gasteiger partial charge < -0.3 is 14.8 Å². The average molecular weight is 254 g/mol. The molecule has 13 heavy (non-hydrogen) atoms. The van der Waals surface area contributed by atoms with Gasteiger partial charge in [-0.3, -0.25) is 4.79 Å². The van der Waals surface area contributed by atoms with Gasteiger partial charge in [0.25, 0.3) is 0 Å². The third-order valence-corrected chi connectivity index (χ3v) is 1.54. The molecule has 0 unspecified atom stereocenters. The van der Waals surface area contributed by atoms with Crippen molar-refractivity contribution in [3.05, 3.63) is 0 Å². The molecule has 0 radical (unpaired) electrons. The number of amides is 1. The van der Waals surface area contributed by atoms with E-state index in [1.807, 2.05) is 0 Å². The number of ether oxygens (including phenoxy) is 2. The number of hydrogen-bond donors (Lipinski definition) is 1. The molecule has 0 aliphatic carbocycles. The minimum Gasteiger partial charge on any atom is -0.378 e. The van der Waals surface area contributed by atoms with Gasteiger partial charge in [0, 0.05) is 18.8 Å². The number of rotatable bonds is 8. The van der Waals surface area contributed by atoms with E-state index in [1.54, 1.807) is 0 Å². The highest BCUT2D eigenvalue weighted by atomic mass is 79.9. The van der Waals surface area contributed by atoms with E-state index in [0.29, 0.717) is 33.0 Å². The maximum atomic E-state index is 10.4. The molecule has 0 rings (SSSR count). The van der Waals surface area contributed by atoms with Crippen LogP contribution in [0, 0.1) is 0 Å². The lowest BCUT2D eigenvalue weighted by Gasteiger charge is -2.04. The van der Waals surface area contributed by atoms with E-state index in [0.717, 1.165) is 5.33 Å². The molecule has 0 fully saturated rings. The zero-order chi connectivity index (χ0) is 9.94. The first kappa shape index (κ1) is 12.9. The molecule has 0 aromatic heterocycles. The normalized spacial score (nSPS) is 10.0. The molecule has 0 bridgehead atoms. The van der Waals surface area contributed by atoms with E-state index in [1.165, 1.54) is 6.92 Å². The van der Waals surface area contributed by atoms with Crippen LogP contribution in [-0.4, -0.2) is 44.2 Å². The molecule has 0 aliphatic rings. The number of halogens is 1. The van der Waals surface area contributed by atoms with Gasteiger partial charge in [-0.2, -0.15) is 0 Å². The van der Waals surface area contributed by atoms with E-state index in [2.05, 4.69) is 21.2 Å². The largest absolute Gasteiger partial charge is 0.378 e. The Morgan fingerprint density at radius 1 is 1.23 bits per heavy atom. The van der Waals surface area contributed by atoms with Crippen molar-refractivity contribution in [3.63, 3.8) is 0 Å². The lowest BCUT2D eigenvalue weighted by Crippen LogP contribution is -2.24. The molecule has 0 aliphatic heterocycles. The van der Waals surface area contributed by atoms with Crippen LogP contribution < -0.4 is 5.32 Å². The summed E-state index contributed by atoms with van der Waals surface area (Å²) in [4.78, 5) is 10.4. The number of carbonyl (C=O) groups excluding carboxylic acids is 1. The fourth-order valence-electron chi connectivity index (χ4n) is 0.676. The molecule has 5 heteroatoms. The smallest absolute Gasteiger partial charge is 0.216 e. The SMILES string of the molecule is CC(=O)NCCOCCOCCBr. The van der Waals surface area contributed by atoms with Crippen LogP contribution >= 0.6 is 15.9 Å². The quantitative estimate of drug-likeness (QED) is 0.508.